The van der Waals surface area contributed by atoms with Crippen molar-refractivity contribution in [2.24, 2.45) is 0 Å². The SMILES string of the molecule is CNC(C[S+](C)[O-])c1ccc(-c2ccc3ncnc(Nc4ccc5c(cnn5Cc5cccc(F)c5)c4)c3c2)o1. The molecule has 8 nitrogen and oxygen atoms in total. The molecule has 0 fully saturated rings. The number of furan rings is 1. The van der Waals surface area contributed by atoms with E-state index in [1.807, 2.05) is 66.3 Å². The van der Waals surface area contributed by atoms with Crippen LogP contribution in [0.15, 0.2) is 89.7 Å². The van der Waals surface area contributed by atoms with Gasteiger partial charge >= 0.3 is 0 Å². The lowest BCUT2D eigenvalue weighted by atomic mass is 10.1. The van der Waals surface area contributed by atoms with Gasteiger partial charge in [-0.05, 0) is 73.3 Å². The minimum atomic E-state index is -0.957. The number of nitrogens with zero attached hydrogens (tertiary/aromatic N) is 4. The minimum Gasteiger partial charge on any atom is -0.616 e. The van der Waals surface area contributed by atoms with Crippen LogP contribution in [0.4, 0.5) is 15.9 Å². The zero-order chi connectivity index (χ0) is 27.6. The Bertz CT molecular complexity index is 1800. The summed E-state index contributed by atoms with van der Waals surface area (Å²) in [7, 11) is 1.83. The largest absolute Gasteiger partial charge is 0.616 e. The molecule has 0 bridgehead atoms. The number of fused-ring (bicyclic) bond motifs is 2. The average Bonchev–Trinajstić information content (AvgIpc) is 3.59. The zero-order valence-corrected chi connectivity index (χ0v) is 22.8. The van der Waals surface area contributed by atoms with Gasteiger partial charge in [0.15, 0.2) is 0 Å². The Hall–Kier alpha value is -4.25. The summed E-state index contributed by atoms with van der Waals surface area (Å²) in [5.41, 5.74) is 4.34. The first-order valence-corrected chi connectivity index (χ1v) is 14.5. The van der Waals surface area contributed by atoms with Crippen LogP contribution in [-0.2, 0) is 17.7 Å². The van der Waals surface area contributed by atoms with Gasteiger partial charge in [0.1, 0.15) is 41.3 Å². The van der Waals surface area contributed by atoms with E-state index in [4.69, 9.17) is 4.42 Å². The monoisotopic (exact) mass is 554 g/mol. The molecule has 0 spiro atoms. The lowest BCUT2D eigenvalue weighted by Gasteiger charge is -2.14. The molecule has 3 aromatic carbocycles. The fourth-order valence-corrected chi connectivity index (χ4v) is 5.58. The van der Waals surface area contributed by atoms with Crippen LogP contribution < -0.4 is 10.6 Å². The van der Waals surface area contributed by atoms with Crippen LogP contribution in [0, 0.1) is 5.82 Å². The Balaban J connectivity index is 1.27. The summed E-state index contributed by atoms with van der Waals surface area (Å²) < 4.78 is 33.4. The number of hydrogen-bond donors (Lipinski definition) is 2. The van der Waals surface area contributed by atoms with E-state index in [0.29, 0.717) is 23.9 Å². The summed E-state index contributed by atoms with van der Waals surface area (Å²) in [6.45, 7) is 0.479. The predicted octanol–water partition coefficient (Wildman–Crippen LogP) is 5.81. The highest BCUT2D eigenvalue weighted by Crippen LogP contribution is 2.31. The Kier molecular flexibility index (Phi) is 7.21. The molecule has 3 aromatic heterocycles. The third kappa shape index (κ3) is 5.42. The lowest BCUT2D eigenvalue weighted by molar-refractivity contribution is 0.456. The molecule has 10 heteroatoms. The van der Waals surface area contributed by atoms with Crippen molar-refractivity contribution in [2.45, 2.75) is 12.6 Å². The summed E-state index contributed by atoms with van der Waals surface area (Å²) in [6.07, 6.45) is 5.02. The van der Waals surface area contributed by atoms with E-state index < -0.39 is 11.2 Å². The molecule has 0 aliphatic rings. The molecular weight excluding hydrogens is 527 g/mol. The second-order valence-corrected chi connectivity index (χ2v) is 11.0. The van der Waals surface area contributed by atoms with Gasteiger partial charge in [0, 0.05) is 22.0 Å². The van der Waals surface area contributed by atoms with Crippen LogP contribution in [0.3, 0.4) is 0 Å². The van der Waals surface area contributed by atoms with E-state index in [2.05, 4.69) is 25.7 Å². The molecule has 3 heterocycles. The Morgan fingerprint density at radius 3 is 2.77 bits per heavy atom. The predicted molar refractivity (Wildman–Crippen MR) is 156 cm³/mol. The Morgan fingerprint density at radius 2 is 1.95 bits per heavy atom. The standard InChI is InChI=1S/C30H27FN6O2S/c1-32-26(17-40(2)38)29-11-10-28(39-29)20-6-8-25-24(14-20)30(34-18-33-25)36-23-7-9-27-21(13-23)15-35-37(27)16-19-4-3-5-22(31)12-19/h3-15,18,26,32H,16-17H2,1-2H3,(H,33,34,36). The maximum absolute atomic E-state index is 13.6. The zero-order valence-electron chi connectivity index (χ0n) is 22.0. The number of rotatable bonds is 9. The molecule has 2 N–H and O–H groups in total. The minimum absolute atomic E-state index is 0.131. The van der Waals surface area contributed by atoms with Crippen molar-refractivity contribution in [1.29, 1.82) is 0 Å². The van der Waals surface area contributed by atoms with Crippen LogP contribution in [0.2, 0.25) is 0 Å². The van der Waals surface area contributed by atoms with Gasteiger partial charge in [0.25, 0.3) is 0 Å². The molecule has 202 valence electrons. The number of anilines is 2. The van der Waals surface area contributed by atoms with Crippen molar-refractivity contribution in [2.75, 3.05) is 24.4 Å². The molecule has 6 aromatic rings. The van der Waals surface area contributed by atoms with Crippen LogP contribution in [0.1, 0.15) is 17.4 Å². The Morgan fingerprint density at radius 1 is 1.05 bits per heavy atom. The molecular formula is C30H27FN6O2S. The first kappa shape index (κ1) is 26.0. The van der Waals surface area contributed by atoms with E-state index in [1.165, 1.54) is 18.5 Å². The van der Waals surface area contributed by atoms with Gasteiger partial charge in [-0.3, -0.25) is 4.68 Å². The Labute approximate surface area is 233 Å². The van der Waals surface area contributed by atoms with Crippen LogP contribution in [0.5, 0.6) is 0 Å². The van der Waals surface area contributed by atoms with Gasteiger partial charge in [0.05, 0.1) is 30.0 Å². The molecule has 0 aliphatic heterocycles. The number of nitrogens with one attached hydrogen (secondary N) is 2. The first-order valence-electron chi connectivity index (χ1n) is 12.8. The van der Waals surface area contributed by atoms with Crippen molar-refractivity contribution < 1.29 is 13.4 Å². The van der Waals surface area contributed by atoms with Gasteiger partial charge < -0.3 is 19.6 Å². The second-order valence-electron chi connectivity index (χ2n) is 9.57. The van der Waals surface area contributed by atoms with E-state index in [1.54, 1.807) is 18.5 Å². The smallest absolute Gasteiger partial charge is 0.141 e. The summed E-state index contributed by atoms with van der Waals surface area (Å²) >= 11 is -0.957. The van der Waals surface area contributed by atoms with Crippen LogP contribution in [0.25, 0.3) is 33.1 Å². The fourth-order valence-electron chi connectivity index (χ4n) is 4.78. The third-order valence-corrected chi connectivity index (χ3v) is 7.57. The normalized spacial score (nSPS) is 13.1. The maximum Gasteiger partial charge on any atom is 0.141 e. The topological polar surface area (TPSA) is 104 Å². The molecule has 0 radical (unpaired) electrons. The quantitative estimate of drug-likeness (QED) is 0.217. The van der Waals surface area contributed by atoms with Crippen molar-refractivity contribution >= 4 is 44.5 Å². The van der Waals surface area contributed by atoms with E-state index in [0.717, 1.165) is 44.4 Å². The third-order valence-electron chi connectivity index (χ3n) is 6.77. The fraction of sp³-hybridized carbons (Fsp3) is 0.167. The summed E-state index contributed by atoms with van der Waals surface area (Å²) in [4.78, 5) is 8.94. The highest BCUT2D eigenvalue weighted by Gasteiger charge is 2.19. The van der Waals surface area contributed by atoms with Crippen molar-refractivity contribution in [3.05, 3.63) is 102 Å². The number of halogens is 1. The maximum atomic E-state index is 13.6. The average molecular weight is 555 g/mol. The highest BCUT2D eigenvalue weighted by atomic mass is 32.2. The molecule has 40 heavy (non-hydrogen) atoms. The lowest BCUT2D eigenvalue weighted by Crippen LogP contribution is -2.24. The molecule has 0 aliphatic carbocycles. The number of aromatic nitrogens is 4. The van der Waals surface area contributed by atoms with Crippen molar-refractivity contribution in [1.82, 2.24) is 25.1 Å². The summed E-state index contributed by atoms with van der Waals surface area (Å²) in [6, 6.07) is 22.1. The van der Waals surface area contributed by atoms with Crippen molar-refractivity contribution in [3.63, 3.8) is 0 Å². The van der Waals surface area contributed by atoms with Crippen LogP contribution in [-0.4, -0.2) is 43.4 Å². The number of hydrogen-bond acceptors (Lipinski definition) is 7. The summed E-state index contributed by atoms with van der Waals surface area (Å²) in [5, 5.41) is 12.9. The van der Waals surface area contributed by atoms with Gasteiger partial charge in [-0.25, -0.2) is 14.4 Å². The van der Waals surface area contributed by atoms with E-state index in [9.17, 15) is 8.94 Å². The van der Waals surface area contributed by atoms with E-state index >= 15 is 0 Å². The molecule has 0 saturated heterocycles. The second kappa shape index (κ2) is 11.1. The highest BCUT2D eigenvalue weighted by molar-refractivity contribution is 7.90. The molecule has 2 atom stereocenters. The van der Waals surface area contributed by atoms with Crippen molar-refractivity contribution in [3.8, 4) is 11.3 Å². The first-order chi connectivity index (χ1) is 19.5. The van der Waals surface area contributed by atoms with E-state index in [-0.39, 0.29) is 11.9 Å². The number of benzene rings is 3. The molecule has 0 amide bonds. The van der Waals surface area contributed by atoms with Gasteiger partial charge in [-0.1, -0.05) is 23.3 Å². The van der Waals surface area contributed by atoms with Gasteiger partial charge in [-0.15, -0.1) is 0 Å². The van der Waals surface area contributed by atoms with Gasteiger partial charge in [-0.2, -0.15) is 5.10 Å². The molecule has 6 rings (SSSR count). The molecule has 0 saturated carbocycles. The summed E-state index contributed by atoms with van der Waals surface area (Å²) in [5.74, 6) is 2.32. The molecule has 2 unspecified atom stereocenters. The van der Waals surface area contributed by atoms with Gasteiger partial charge in [0.2, 0.25) is 0 Å². The van der Waals surface area contributed by atoms with Crippen LogP contribution >= 0.6 is 0 Å².